The number of methoxy groups -OCH3 is 3. The van der Waals surface area contributed by atoms with E-state index in [0.717, 1.165) is 25.2 Å². The van der Waals surface area contributed by atoms with Crippen LogP contribution in [0.4, 0.5) is 11.5 Å². The zero-order valence-corrected chi connectivity index (χ0v) is 16.8. The summed E-state index contributed by atoms with van der Waals surface area (Å²) in [6.07, 6.45) is 3.85. The Bertz CT molecular complexity index is 798. The highest BCUT2D eigenvalue weighted by Crippen LogP contribution is 2.40. The molecule has 0 bridgehead atoms. The lowest BCUT2D eigenvalue weighted by Gasteiger charge is -2.30. The summed E-state index contributed by atoms with van der Waals surface area (Å²) in [4.78, 5) is 19.0. The van der Waals surface area contributed by atoms with Gasteiger partial charge in [0.2, 0.25) is 5.75 Å². The van der Waals surface area contributed by atoms with Crippen LogP contribution in [0.15, 0.2) is 30.5 Å². The lowest BCUT2D eigenvalue weighted by molar-refractivity contribution is 0.0682. The van der Waals surface area contributed by atoms with Crippen LogP contribution in [-0.4, -0.2) is 50.2 Å². The molecule has 3 rings (SSSR count). The molecule has 1 aromatic heterocycles. The van der Waals surface area contributed by atoms with Crippen LogP contribution in [0.1, 0.15) is 30.1 Å². The third kappa shape index (κ3) is 4.30. The average molecular weight is 385 g/mol. The zero-order chi connectivity index (χ0) is 20.1. The Morgan fingerprint density at radius 2 is 1.86 bits per heavy atom. The molecular formula is C21H27N3O4. The molecule has 1 N–H and O–H groups in total. The van der Waals surface area contributed by atoms with E-state index in [9.17, 15) is 4.79 Å². The van der Waals surface area contributed by atoms with Gasteiger partial charge in [0.05, 0.1) is 26.9 Å². The van der Waals surface area contributed by atoms with Crippen molar-refractivity contribution >= 4 is 17.4 Å². The van der Waals surface area contributed by atoms with Crippen LogP contribution in [0.25, 0.3) is 0 Å². The van der Waals surface area contributed by atoms with Gasteiger partial charge in [0.1, 0.15) is 5.82 Å². The summed E-state index contributed by atoms with van der Waals surface area (Å²) in [5.74, 6) is 2.84. The Kier molecular flexibility index (Phi) is 6.23. The van der Waals surface area contributed by atoms with Gasteiger partial charge in [-0.25, -0.2) is 4.98 Å². The van der Waals surface area contributed by atoms with E-state index in [1.807, 2.05) is 4.90 Å². The molecule has 1 aliphatic rings. The normalized spacial score (nSPS) is 16.4. The Balaban J connectivity index is 1.75. The van der Waals surface area contributed by atoms with E-state index < -0.39 is 0 Å². The van der Waals surface area contributed by atoms with Gasteiger partial charge in [-0.15, -0.1) is 0 Å². The lowest BCUT2D eigenvalue weighted by Crippen LogP contribution is -2.39. The third-order valence-corrected chi connectivity index (χ3v) is 4.89. The summed E-state index contributed by atoms with van der Waals surface area (Å²) in [7, 11) is 4.70. The summed E-state index contributed by atoms with van der Waals surface area (Å²) in [6.45, 7) is 3.81. The minimum atomic E-state index is 0.0402. The van der Waals surface area contributed by atoms with Gasteiger partial charge in [-0.05, 0) is 30.9 Å². The highest BCUT2D eigenvalue weighted by Gasteiger charge is 2.22. The van der Waals surface area contributed by atoms with E-state index in [4.69, 9.17) is 14.2 Å². The molecule has 0 saturated carbocycles. The number of amides is 1. The number of pyridine rings is 1. The molecule has 0 spiro atoms. The number of carbonyl (C=O) groups excluding carboxylic acids is 1. The van der Waals surface area contributed by atoms with E-state index in [0.29, 0.717) is 34.5 Å². The SMILES string of the molecule is COc1cc(Nc2ccc(C(=O)N3CCCC(C)C3)cn2)cc(OC)c1OC. The molecule has 7 nitrogen and oxygen atoms in total. The first kappa shape index (κ1) is 19.8. The van der Waals surface area contributed by atoms with Gasteiger partial charge >= 0.3 is 0 Å². The molecule has 28 heavy (non-hydrogen) atoms. The van der Waals surface area contributed by atoms with Crippen molar-refractivity contribution in [3.63, 3.8) is 0 Å². The maximum atomic E-state index is 12.7. The molecule has 1 aliphatic heterocycles. The summed E-state index contributed by atoms with van der Waals surface area (Å²) < 4.78 is 16.1. The number of rotatable bonds is 6. The van der Waals surface area contributed by atoms with E-state index in [-0.39, 0.29) is 5.91 Å². The number of ether oxygens (including phenoxy) is 3. The Morgan fingerprint density at radius 3 is 2.39 bits per heavy atom. The summed E-state index contributed by atoms with van der Waals surface area (Å²) in [5.41, 5.74) is 1.34. The molecule has 1 unspecified atom stereocenters. The molecule has 1 amide bonds. The number of carbonyl (C=O) groups is 1. The van der Waals surface area contributed by atoms with Crippen LogP contribution in [0.2, 0.25) is 0 Å². The van der Waals surface area contributed by atoms with Crippen molar-refractivity contribution in [2.75, 3.05) is 39.7 Å². The predicted octanol–water partition coefficient (Wildman–Crippen LogP) is 3.72. The number of anilines is 2. The molecule has 7 heteroatoms. The van der Waals surface area contributed by atoms with Gasteiger partial charge in [-0.1, -0.05) is 6.92 Å². The van der Waals surface area contributed by atoms with Gasteiger partial charge < -0.3 is 24.4 Å². The highest BCUT2D eigenvalue weighted by atomic mass is 16.5. The van der Waals surface area contributed by atoms with Crippen LogP contribution < -0.4 is 19.5 Å². The summed E-state index contributed by atoms with van der Waals surface area (Å²) in [6, 6.07) is 7.20. The molecule has 1 atom stereocenters. The number of benzene rings is 1. The number of nitrogens with one attached hydrogen (secondary N) is 1. The van der Waals surface area contributed by atoms with E-state index in [1.165, 1.54) is 6.42 Å². The largest absolute Gasteiger partial charge is 0.493 e. The Labute approximate surface area is 165 Å². The maximum Gasteiger partial charge on any atom is 0.255 e. The number of likely N-dealkylation sites (tertiary alicyclic amines) is 1. The fourth-order valence-electron chi connectivity index (χ4n) is 3.45. The van der Waals surface area contributed by atoms with Crippen molar-refractivity contribution in [2.24, 2.45) is 5.92 Å². The van der Waals surface area contributed by atoms with Crippen molar-refractivity contribution < 1.29 is 19.0 Å². The lowest BCUT2D eigenvalue weighted by atomic mass is 10.00. The van der Waals surface area contributed by atoms with E-state index >= 15 is 0 Å². The first-order valence-corrected chi connectivity index (χ1v) is 9.38. The standard InChI is InChI=1S/C21H27N3O4/c1-14-6-5-9-24(13-14)21(25)15-7-8-19(22-12-15)23-16-10-17(26-2)20(28-4)18(11-16)27-3/h7-8,10-12,14H,5-6,9,13H2,1-4H3,(H,22,23). The number of piperidine rings is 1. The first-order chi connectivity index (χ1) is 13.5. The molecule has 150 valence electrons. The molecule has 2 aromatic rings. The average Bonchev–Trinajstić information content (AvgIpc) is 2.73. The van der Waals surface area contributed by atoms with Crippen LogP contribution in [0, 0.1) is 5.92 Å². The minimum absolute atomic E-state index is 0.0402. The third-order valence-electron chi connectivity index (χ3n) is 4.89. The zero-order valence-electron chi connectivity index (χ0n) is 16.8. The van der Waals surface area contributed by atoms with Crippen molar-refractivity contribution in [3.8, 4) is 17.2 Å². The molecule has 2 heterocycles. The van der Waals surface area contributed by atoms with Crippen LogP contribution >= 0.6 is 0 Å². The number of hydrogen-bond acceptors (Lipinski definition) is 6. The number of nitrogens with zero attached hydrogens (tertiary/aromatic N) is 2. The smallest absolute Gasteiger partial charge is 0.255 e. The van der Waals surface area contributed by atoms with Crippen LogP contribution in [0.3, 0.4) is 0 Å². The second-order valence-electron chi connectivity index (χ2n) is 6.97. The fourth-order valence-corrected chi connectivity index (χ4v) is 3.45. The van der Waals surface area contributed by atoms with Crippen molar-refractivity contribution in [3.05, 3.63) is 36.0 Å². The fraction of sp³-hybridized carbons (Fsp3) is 0.429. The van der Waals surface area contributed by atoms with Crippen LogP contribution in [-0.2, 0) is 0 Å². The van der Waals surface area contributed by atoms with Crippen LogP contribution in [0.5, 0.6) is 17.2 Å². The second kappa shape index (κ2) is 8.82. The van der Waals surface area contributed by atoms with Gasteiger partial charge in [0.15, 0.2) is 11.5 Å². The number of aromatic nitrogens is 1. The predicted molar refractivity (Wildman–Crippen MR) is 108 cm³/mol. The van der Waals surface area contributed by atoms with Gasteiger partial charge in [0, 0.05) is 37.1 Å². The first-order valence-electron chi connectivity index (χ1n) is 9.38. The Hall–Kier alpha value is -2.96. The van der Waals surface area contributed by atoms with E-state index in [2.05, 4.69) is 17.2 Å². The highest BCUT2D eigenvalue weighted by molar-refractivity contribution is 5.94. The summed E-state index contributed by atoms with van der Waals surface area (Å²) in [5, 5.41) is 3.21. The molecule has 0 radical (unpaired) electrons. The van der Waals surface area contributed by atoms with Gasteiger partial charge in [-0.2, -0.15) is 0 Å². The number of hydrogen-bond donors (Lipinski definition) is 1. The molecule has 1 aromatic carbocycles. The molecular weight excluding hydrogens is 358 g/mol. The van der Waals surface area contributed by atoms with Gasteiger partial charge in [0.25, 0.3) is 5.91 Å². The monoisotopic (exact) mass is 385 g/mol. The van der Waals surface area contributed by atoms with Crippen molar-refractivity contribution in [2.45, 2.75) is 19.8 Å². The second-order valence-corrected chi connectivity index (χ2v) is 6.97. The quantitative estimate of drug-likeness (QED) is 0.817. The summed E-state index contributed by atoms with van der Waals surface area (Å²) >= 11 is 0. The molecule has 1 fully saturated rings. The molecule has 0 aliphatic carbocycles. The minimum Gasteiger partial charge on any atom is -0.493 e. The Morgan fingerprint density at radius 1 is 1.14 bits per heavy atom. The maximum absolute atomic E-state index is 12.7. The molecule has 1 saturated heterocycles. The van der Waals surface area contributed by atoms with Gasteiger partial charge in [-0.3, -0.25) is 4.79 Å². The topological polar surface area (TPSA) is 72.9 Å². The van der Waals surface area contributed by atoms with E-state index in [1.54, 1.807) is 51.8 Å². The van der Waals surface area contributed by atoms with Crippen molar-refractivity contribution in [1.82, 2.24) is 9.88 Å². The van der Waals surface area contributed by atoms with Crippen molar-refractivity contribution in [1.29, 1.82) is 0 Å².